The predicted octanol–water partition coefficient (Wildman–Crippen LogP) is 6.34. The van der Waals surface area contributed by atoms with E-state index < -0.39 is 21.7 Å². The summed E-state index contributed by atoms with van der Waals surface area (Å²) in [5, 5.41) is 0.705. The maximum absolute atomic E-state index is 14.4. The summed E-state index contributed by atoms with van der Waals surface area (Å²) in [6, 6.07) is 12.6. The lowest BCUT2D eigenvalue weighted by molar-refractivity contribution is 0.263. The predicted molar refractivity (Wildman–Crippen MR) is 156 cm³/mol. The summed E-state index contributed by atoms with van der Waals surface area (Å²) >= 11 is 14.2. The second kappa shape index (κ2) is 10.8. The van der Waals surface area contributed by atoms with E-state index in [1.54, 1.807) is 59.1 Å². The van der Waals surface area contributed by atoms with Crippen molar-refractivity contribution in [3.05, 3.63) is 76.9 Å². The molecule has 0 unspecified atom stereocenters. The van der Waals surface area contributed by atoms with Gasteiger partial charge in [-0.05, 0) is 49.2 Å². The van der Waals surface area contributed by atoms with Crippen LogP contribution in [0.4, 0.5) is 20.3 Å². The molecular weight excluding hydrogens is 582 g/mol. The van der Waals surface area contributed by atoms with Gasteiger partial charge < -0.3 is 9.80 Å². The topological polar surface area (TPSA) is 65.5 Å². The second-order valence-electron chi connectivity index (χ2n) is 9.97. The van der Waals surface area contributed by atoms with Crippen LogP contribution in [0, 0.1) is 11.6 Å². The van der Waals surface area contributed by atoms with Crippen LogP contribution < -0.4 is 9.62 Å². The van der Waals surface area contributed by atoms with Crippen molar-refractivity contribution in [2.45, 2.75) is 47.3 Å². The third kappa shape index (κ3) is 5.86. The number of nitrogens with zero attached hydrogens (tertiary/aromatic N) is 3. The number of pyridine rings is 1. The summed E-state index contributed by atoms with van der Waals surface area (Å²) in [4.78, 5) is 9.36. The van der Waals surface area contributed by atoms with Crippen LogP contribution in [0.1, 0.15) is 32.3 Å². The number of thiocarbonyl (C=S) groups is 1. The number of anilines is 2. The fourth-order valence-electron chi connectivity index (χ4n) is 4.82. The average molecular weight is 609 g/mol. The molecule has 1 aromatic heterocycles. The van der Waals surface area contributed by atoms with E-state index in [9.17, 15) is 17.2 Å². The molecule has 12 heteroatoms. The lowest BCUT2D eigenvalue weighted by Gasteiger charge is -2.44. The van der Waals surface area contributed by atoms with Crippen molar-refractivity contribution in [2.24, 2.45) is 0 Å². The molecule has 0 atom stereocenters. The molecule has 1 saturated heterocycles. The van der Waals surface area contributed by atoms with E-state index in [1.807, 2.05) is 0 Å². The first kappa shape index (κ1) is 28.1. The van der Waals surface area contributed by atoms with Crippen molar-refractivity contribution in [3.8, 4) is 0 Å². The number of hydrogen-bond donors (Lipinski definition) is 1. The number of halogens is 3. The molecule has 2 aromatic carbocycles. The van der Waals surface area contributed by atoms with Crippen LogP contribution in [-0.4, -0.2) is 53.7 Å². The zero-order valence-electron chi connectivity index (χ0n) is 21.3. The minimum absolute atomic E-state index is 0.109. The lowest BCUT2D eigenvalue weighted by atomic mass is 10.1. The smallest absolute Gasteiger partial charge is 0.261 e. The third-order valence-corrected chi connectivity index (χ3v) is 9.93. The highest BCUT2D eigenvalue weighted by Crippen LogP contribution is 2.47. The van der Waals surface area contributed by atoms with Gasteiger partial charge in [0.25, 0.3) is 10.0 Å². The number of piperazine rings is 1. The molecule has 0 bridgehead atoms. The molecule has 1 saturated carbocycles. The summed E-state index contributed by atoms with van der Waals surface area (Å²) in [6.45, 7) is 5.45. The first-order valence-electron chi connectivity index (χ1n) is 12.5. The third-order valence-electron chi connectivity index (χ3n) is 6.79. The molecule has 5 rings (SSSR count). The number of nitrogens with one attached hydrogen (secondary N) is 1. The normalized spacial score (nSPS) is 16.6. The van der Waals surface area contributed by atoms with E-state index in [0.717, 1.165) is 30.0 Å². The van der Waals surface area contributed by atoms with Gasteiger partial charge in [0, 0.05) is 35.8 Å². The molecule has 39 heavy (non-hydrogen) atoms. The monoisotopic (exact) mass is 608 g/mol. The van der Waals surface area contributed by atoms with Gasteiger partial charge in [-0.1, -0.05) is 43.7 Å². The standard InChI is InChI=1S/C27H27ClF2N4O2S3/c1-17(2)38-19-6-8-20(9-7-19)39(35,36)32-23-5-3-4-21(28)24(23)26(37)34-13-12-33(16-27(34)10-11-27)25-22(30)14-18(29)15-31-25/h3-9,14-15,17,32H,10-13,16H2,1-2H3. The van der Waals surface area contributed by atoms with Crippen LogP contribution in [0.3, 0.4) is 0 Å². The highest BCUT2D eigenvalue weighted by molar-refractivity contribution is 7.99. The zero-order chi connectivity index (χ0) is 27.9. The van der Waals surface area contributed by atoms with Gasteiger partial charge in [-0.2, -0.15) is 0 Å². The SMILES string of the molecule is CC(C)Sc1ccc(S(=O)(=O)Nc2cccc(Cl)c2C(=S)N2CCN(c3ncc(F)cc3F)CC23CC3)cc1. The number of aromatic nitrogens is 1. The quantitative estimate of drug-likeness (QED) is 0.248. The van der Waals surface area contributed by atoms with E-state index in [0.29, 0.717) is 40.5 Å². The highest BCUT2D eigenvalue weighted by atomic mass is 35.5. The summed E-state index contributed by atoms with van der Waals surface area (Å²) in [6.07, 6.45) is 2.64. The zero-order valence-corrected chi connectivity index (χ0v) is 24.5. The van der Waals surface area contributed by atoms with Gasteiger partial charge in [-0.25, -0.2) is 22.2 Å². The Bertz CT molecular complexity index is 1520. The summed E-state index contributed by atoms with van der Waals surface area (Å²) in [5.74, 6) is -1.33. The maximum Gasteiger partial charge on any atom is 0.261 e. The molecule has 3 aromatic rings. The van der Waals surface area contributed by atoms with Gasteiger partial charge >= 0.3 is 0 Å². The first-order valence-corrected chi connectivity index (χ1v) is 15.6. The molecule has 2 aliphatic rings. The van der Waals surface area contributed by atoms with Crippen LogP contribution in [0.5, 0.6) is 0 Å². The minimum Gasteiger partial charge on any atom is -0.353 e. The molecular formula is C27H27ClF2N4O2S3. The molecule has 1 N–H and O–H groups in total. The number of sulfonamides is 1. The van der Waals surface area contributed by atoms with Crippen LogP contribution in [0.25, 0.3) is 0 Å². The molecule has 1 spiro atoms. The summed E-state index contributed by atoms with van der Waals surface area (Å²) < 4.78 is 57.1. The maximum atomic E-state index is 14.4. The van der Waals surface area contributed by atoms with Crippen LogP contribution >= 0.6 is 35.6 Å². The van der Waals surface area contributed by atoms with Gasteiger partial charge in [0.05, 0.1) is 32.9 Å². The lowest BCUT2D eigenvalue weighted by Crippen LogP contribution is -2.57. The number of thioether (sulfide) groups is 1. The van der Waals surface area contributed by atoms with E-state index >= 15 is 0 Å². The van der Waals surface area contributed by atoms with Crippen molar-refractivity contribution in [2.75, 3.05) is 29.3 Å². The fraction of sp³-hybridized carbons (Fsp3) is 0.333. The second-order valence-corrected chi connectivity index (χ2v) is 14.1. The molecule has 206 valence electrons. The number of hydrogen-bond acceptors (Lipinski definition) is 6. The van der Waals surface area contributed by atoms with E-state index in [2.05, 4.69) is 28.5 Å². The van der Waals surface area contributed by atoms with Gasteiger partial charge in [0.2, 0.25) is 0 Å². The Hall–Kier alpha value is -2.47. The minimum atomic E-state index is -3.91. The number of rotatable bonds is 7. The van der Waals surface area contributed by atoms with E-state index in [4.69, 9.17) is 23.8 Å². The van der Waals surface area contributed by atoms with Crippen LogP contribution in [-0.2, 0) is 10.0 Å². The van der Waals surface area contributed by atoms with Crippen LogP contribution in [0.15, 0.2) is 64.5 Å². The van der Waals surface area contributed by atoms with Gasteiger partial charge in [-0.15, -0.1) is 11.8 Å². The molecule has 2 heterocycles. The van der Waals surface area contributed by atoms with Crippen molar-refractivity contribution < 1.29 is 17.2 Å². The molecule has 1 aliphatic heterocycles. The summed E-state index contributed by atoms with van der Waals surface area (Å²) in [7, 11) is -3.91. The van der Waals surface area contributed by atoms with E-state index in [1.165, 1.54) is 0 Å². The Kier molecular flexibility index (Phi) is 7.80. The molecule has 1 aliphatic carbocycles. The molecule has 6 nitrogen and oxygen atoms in total. The van der Waals surface area contributed by atoms with Gasteiger partial charge in [0.15, 0.2) is 11.6 Å². The Labute approximate surface area is 241 Å². The van der Waals surface area contributed by atoms with Crippen LogP contribution in [0.2, 0.25) is 5.02 Å². The van der Waals surface area contributed by atoms with Gasteiger partial charge in [0.1, 0.15) is 10.8 Å². The molecule has 0 radical (unpaired) electrons. The highest BCUT2D eigenvalue weighted by Gasteiger charge is 2.53. The number of benzene rings is 2. The average Bonchev–Trinajstić information content (AvgIpc) is 3.62. The Balaban J connectivity index is 1.39. The Morgan fingerprint density at radius 1 is 1.15 bits per heavy atom. The van der Waals surface area contributed by atoms with Crippen molar-refractivity contribution >= 4 is 62.1 Å². The van der Waals surface area contributed by atoms with Gasteiger partial charge in [-0.3, -0.25) is 4.72 Å². The largest absolute Gasteiger partial charge is 0.353 e. The Morgan fingerprint density at radius 2 is 1.87 bits per heavy atom. The Morgan fingerprint density at radius 3 is 2.51 bits per heavy atom. The first-order chi connectivity index (χ1) is 18.5. The summed E-state index contributed by atoms with van der Waals surface area (Å²) in [5.41, 5.74) is 0.352. The van der Waals surface area contributed by atoms with Crippen molar-refractivity contribution in [1.82, 2.24) is 9.88 Å². The molecule has 2 fully saturated rings. The fourth-order valence-corrected chi connectivity index (χ4v) is 7.56. The van der Waals surface area contributed by atoms with Crippen molar-refractivity contribution in [1.29, 1.82) is 0 Å². The van der Waals surface area contributed by atoms with E-state index in [-0.39, 0.29) is 21.9 Å². The molecule has 0 amide bonds. The van der Waals surface area contributed by atoms with Crippen molar-refractivity contribution in [3.63, 3.8) is 0 Å².